The highest BCUT2D eigenvalue weighted by Gasteiger charge is 2.33. The first kappa shape index (κ1) is 20.6. The van der Waals surface area contributed by atoms with Gasteiger partial charge in [0.15, 0.2) is 0 Å². The molecule has 160 valence electrons. The van der Waals surface area contributed by atoms with E-state index in [1.807, 2.05) is 0 Å². The Bertz CT molecular complexity index is 1340. The number of aryl methyl sites for hydroxylation is 1. The number of hydrogen-bond donors (Lipinski definition) is 1. The number of carbonyl (C=O) groups is 1. The van der Waals surface area contributed by atoms with Crippen molar-refractivity contribution in [3.63, 3.8) is 0 Å². The van der Waals surface area contributed by atoms with Crippen molar-refractivity contribution in [2.75, 3.05) is 5.32 Å². The molecule has 1 amide bonds. The molecule has 0 saturated carbocycles. The molecule has 0 bridgehead atoms. The van der Waals surface area contributed by atoms with Gasteiger partial charge in [-0.3, -0.25) is 14.3 Å². The Hall–Kier alpha value is -3.62. The second kappa shape index (κ2) is 7.57. The lowest BCUT2D eigenvalue weighted by Crippen LogP contribution is -2.26. The first-order valence-electron chi connectivity index (χ1n) is 9.60. The molecule has 1 N–H and O–H groups in total. The fourth-order valence-electron chi connectivity index (χ4n) is 3.77. The normalized spacial score (nSPS) is 16.9. The summed E-state index contributed by atoms with van der Waals surface area (Å²) in [5.41, 5.74) is 0.453. The van der Waals surface area contributed by atoms with E-state index in [2.05, 4.69) is 10.4 Å². The molecule has 6 nitrogen and oxygen atoms in total. The first-order chi connectivity index (χ1) is 14.7. The quantitative estimate of drug-likeness (QED) is 0.629. The van der Waals surface area contributed by atoms with Crippen LogP contribution in [0.1, 0.15) is 19.4 Å². The van der Waals surface area contributed by atoms with Crippen LogP contribution in [0.2, 0.25) is 0 Å². The van der Waals surface area contributed by atoms with E-state index in [4.69, 9.17) is 0 Å². The highest BCUT2D eigenvalue weighted by atomic mass is 19.4. The van der Waals surface area contributed by atoms with Gasteiger partial charge >= 0.3 is 6.18 Å². The number of alkyl halides is 3. The van der Waals surface area contributed by atoms with Crippen LogP contribution in [-0.2, 0) is 11.8 Å². The molecule has 0 fully saturated rings. The summed E-state index contributed by atoms with van der Waals surface area (Å²) in [5.74, 6) is -0.299. The van der Waals surface area contributed by atoms with Crippen molar-refractivity contribution >= 4 is 33.4 Å². The van der Waals surface area contributed by atoms with E-state index in [1.54, 1.807) is 44.4 Å². The van der Waals surface area contributed by atoms with Crippen LogP contribution in [0.5, 0.6) is 0 Å². The lowest BCUT2D eigenvalue weighted by Gasteiger charge is -2.22. The summed E-state index contributed by atoms with van der Waals surface area (Å²) in [4.78, 5) is 25.2. The third kappa shape index (κ3) is 3.78. The van der Waals surface area contributed by atoms with Crippen molar-refractivity contribution < 1.29 is 18.0 Å². The van der Waals surface area contributed by atoms with Crippen LogP contribution in [0, 0.1) is 0 Å². The summed E-state index contributed by atoms with van der Waals surface area (Å²) in [6, 6.07) is 4.46. The van der Waals surface area contributed by atoms with Crippen LogP contribution in [-0.4, -0.2) is 26.4 Å². The maximum absolute atomic E-state index is 13.2. The van der Waals surface area contributed by atoms with Gasteiger partial charge in [-0.2, -0.15) is 18.3 Å². The molecule has 2 aromatic heterocycles. The molecule has 0 radical (unpaired) electrons. The molecule has 9 heteroatoms. The SMILES string of the molecule is C/C=C/C(=O)Nc1ccc2c(c1)c1nn(C)cc1c(=O)n2C1C=CC(C(F)(F)F)=CC1. The molecule has 0 saturated heterocycles. The number of amides is 1. The van der Waals surface area contributed by atoms with Gasteiger partial charge in [-0.15, -0.1) is 0 Å². The Morgan fingerprint density at radius 1 is 1.29 bits per heavy atom. The zero-order valence-corrected chi connectivity index (χ0v) is 16.8. The average Bonchev–Trinajstić information content (AvgIpc) is 3.11. The number of nitrogens with one attached hydrogen (secondary N) is 1. The minimum atomic E-state index is -4.43. The Labute approximate surface area is 175 Å². The molecule has 1 unspecified atom stereocenters. The molecule has 1 atom stereocenters. The van der Waals surface area contributed by atoms with E-state index in [1.165, 1.54) is 21.4 Å². The van der Waals surface area contributed by atoms with E-state index in [0.717, 1.165) is 12.2 Å². The summed E-state index contributed by atoms with van der Waals surface area (Å²) in [6.45, 7) is 1.73. The fourth-order valence-corrected chi connectivity index (χ4v) is 3.77. The first-order valence-corrected chi connectivity index (χ1v) is 9.60. The van der Waals surface area contributed by atoms with Crippen molar-refractivity contribution in [3.8, 4) is 0 Å². The molecule has 1 aliphatic rings. The number of nitrogens with zero attached hydrogens (tertiary/aromatic N) is 3. The fraction of sp³-hybridized carbons (Fsp3) is 0.227. The van der Waals surface area contributed by atoms with Crippen molar-refractivity contribution in [1.29, 1.82) is 0 Å². The molecule has 1 aliphatic carbocycles. The molecule has 4 rings (SSSR count). The molecular weight excluding hydrogens is 409 g/mol. The van der Waals surface area contributed by atoms with E-state index in [9.17, 15) is 22.8 Å². The molecule has 1 aromatic carbocycles. The molecule has 2 heterocycles. The number of anilines is 1. The molecule has 3 aromatic rings. The van der Waals surface area contributed by atoms with Gasteiger partial charge < -0.3 is 9.88 Å². The van der Waals surface area contributed by atoms with Crippen LogP contribution < -0.4 is 10.9 Å². The van der Waals surface area contributed by atoms with E-state index in [-0.39, 0.29) is 17.9 Å². The van der Waals surface area contributed by atoms with Gasteiger partial charge in [0, 0.05) is 24.3 Å². The maximum Gasteiger partial charge on any atom is 0.416 e. The Morgan fingerprint density at radius 2 is 2.06 bits per heavy atom. The number of benzene rings is 1. The van der Waals surface area contributed by atoms with E-state index >= 15 is 0 Å². The smallest absolute Gasteiger partial charge is 0.322 e. The van der Waals surface area contributed by atoms with Crippen LogP contribution in [0.3, 0.4) is 0 Å². The monoisotopic (exact) mass is 428 g/mol. The highest BCUT2D eigenvalue weighted by molar-refractivity contribution is 6.06. The second-order valence-electron chi connectivity index (χ2n) is 7.28. The van der Waals surface area contributed by atoms with Crippen LogP contribution in [0.15, 0.2) is 65.1 Å². The summed E-state index contributed by atoms with van der Waals surface area (Å²) < 4.78 is 41.9. The minimum absolute atomic E-state index is 0.0336. The van der Waals surface area contributed by atoms with E-state index in [0.29, 0.717) is 27.5 Å². The van der Waals surface area contributed by atoms with Gasteiger partial charge in [-0.05, 0) is 37.6 Å². The van der Waals surface area contributed by atoms with Crippen LogP contribution in [0.4, 0.5) is 18.9 Å². The summed E-state index contributed by atoms with van der Waals surface area (Å²) >= 11 is 0. The minimum Gasteiger partial charge on any atom is -0.322 e. The number of hydrogen-bond acceptors (Lipinski definition) is 3. The number of aromatic nitrogens is 3. The zero-order chi connectivity index (χ0) is 22.3. The van der Waals surface area contributed by atoms with E-state index < -0.39 is 17.8 Å². The molecule has 0 spiro atoms. The third-order valence-corrected chi connectivity index (χ3v) is 5.11. The Morgan fingerprint density at radius 3 is 2.71 bits per heavy atom. The zero-order valence-electron chi connectivity index (χ0n) is 16.8. The summed E-state index contributed by atoms with van der Waals surface area (Å²) in [5, 5.41) is 8.10. The molecular formula is C22H19F3N4O2. The highest BCUT2D eigenvalue weighted by Crippen LogP contribution is 2.34. The van der Waals surface area contributed by atoms with Crippen molar-refractivity contribution in [3.05, 3.63) is 70.7 Å². The second-order valence-corrected chi connectivity index (χ2v) is 7.28. The van der Waals surface area contributed by atoms with Crippen molar-refractivity contribution in [1.82, 2.24) is 14.3 Å². The van der Waals surface area contributed by atoms with Crippen LogP contribution in [0.25, 0.3) is 21.8 Å². The van der Waals surface area contributed by atoms with Crippen LogP contribution >= 0.6 is 0 Å². The summed E-state index contributed by atoms with van der Waals surface area (Å²) in [7, 11) is 1.69. The van der Waals surface area contributed by atoms with Gasteiger partial charge in [0.05, 0.1) is 22.5 Å². The number of rotatable bonds is 3. The number of carbonyl (C=O) groups excluding carboxylic acids is 1. The Kier molecular flexibility index (Phi) is 5.04. The predicted octanol–water partition coefficient (Wildman–Crippen LogP) is 4.39. The van der Waals surface area contributed by atoms with Gasteiger partial charge in [0.2, 0.25) is 5.91 Å². The largest absolute Gasteiger partial charge is 0.416 e. The third-order valence-electron chi connectivity index (χ3n) is 5.11. The van der Waals surface area contributed by atoms with Gasteiger partial charge in [0.25, 0.3) is 5.56 Å². The number of allylic oxidation sites excluding steroid dienone is 5. The molecule has 31 heavy (non-hydrogen) atoms. The Balaban J connectivity index is 1.88. The number of pyridine rings is 1. The van der Waals surface area contributed by atoms with Gasteiger partial charge in [-0.1, -0.05) is 24.3 Å². The van der Waals surface area contributed by atoms with Gasteiger partial charge in [-0.25, -0.2) is 0 Å². The predicted molar refractivity (Wildman–Crippen MR) is 113 cm³/mol. The average molecular weight is 428 g/mol. The topological polar surface area (TPSA) is 68.9 Å². The molecule has 0 aliphatic heterocycles. The number of fused-ring (bicyclic) bond motifs is 3. The lowest BCUT2D eigenvalue weighted by molar-refractivity contribution is -0.111. The van der Waals surface area contributed by atoms with Gasteiger partial charge in [0.1, 0.15) is 5.52 Å². The summed E-state index contributed by atoms with van der Waals surface area (Å²) in [6.07, 6.45) is 3.69. The maximum atomic E-state index is 13.2. The van der Waals surface area contributed by atoms with Crippen molar-refractivity contribution in [2.24, 2.45) is 7.05 Å². The van der Waals surface area contributed by atoms with Crippen molar-refractivity contribution in [2.45, 2.75) is 25.6 Å². The number of halogens is 3. The standard InChI is InChI=1S/C22H19F3N4O2/c1-3-4-19(30)26-14-7-10-18-16(11-14)20-17(12-28(2)27-20)21(31)29(18)15-8-5-13(6-9-15)22(23,24)25/h3-8,10-12,15H,9H2,1-2H3,(H,26,30)/b4-3+. The lowest BCUT2D eigenvalue weighted by atomic mass is 10.0.